The maximum atomic E-state index is 13.4. The molecule has 2 aromatic carbocycles. The van der Waals surface area contributed by atoms with Crippen LogP contribution in [0.2, 0.25) is 5.02 Å². The number of rotatable bonds is 8. The molecule has 216 valence electrons. The minimum Gasteiger partial charge on any atom is -0.394 e. The molecule has 1 fully saturated rings. The average Bonchev–Trinajstić information content (AvgIpc) is 3.28. The van der Waals surface area contributed by atoms with E-state index in [0.29, 0.717) is 40.6 Å². The molecule has 0 bridgehead atoms. The van der Waals surface area contributed by atoms with E-state index in [-0.39, 0.29) is 42.5 Å². The lowest BCUT2D eigenvalue weighted by Gasteiger charge is -2.26. The summed E-state index contributed by atoms with van der Waals surface area (Å²) in [5.41, 5.74) is 4.11. The van der Waals surface area contributed by atoms with Crippen LogP contribution in [0.3, 0.4) is 0 Å². The number of aliphatic hydroxyl groups is 1. The third-order valence-corrected chi connectivity index (χ3v) is 9.63. The number of anilines is 1. The van der Waals surface area contributed by atoms with Crippen molar-refractivity contribution in [3.05, 3.63) is 75.9 Å². The number of fused-ring (bicyclic) bond motifs is 1. The summed E-state index contributed by atoms with van der Waals surface area (Å²) in [6.45, 7) is 3.61. The van der Waals surface area contributed by atoms with Crippen LogP contribution in [0, 0.1) is 6.92 Å². The number of nitrogens with one attached hydrogen (secondary N) is 2. The molecular weight excluding hydrogens is 566 g/mol. The van der Waals surface area contributed by atoms with Gasteiger partial charge >= 0.3 is 0 Å². The summed E-state index contributed by atoms with van der Waals surface area (Å²) in [5.74, 6) is -0.0705. The topological polar surface area (TPSA) is 142 Å². The minimum absolute atomic E-state index is 0.0633. The van der Waals surface area contributed by atoms with Crippen molar-refractivity contribution in [2.45, 2.75) is 51.4 Å². The Morgan fingerprint density at radius 3 is 2.66 bits per heavy atom. The van der Waals surface area contributed by atoms with Crippen molar-refractivity contribution in [2.24, 2.45) is 0 Å². The highest BCUT2D eigenvalue weighted by atomic mass is 35.5. The molecule has 1 aromatic heterocycles. The van der Waals surface area contributed by atoms with Gasteiger partial charge in [0.15, 0.2) is 0 Å². The zero-order valence-corrected chi connectivity index (χ0v) is 24.4. The van der Waals surface area contributed by atoms with Crippen molar-refractivity contribution < 1.29 is 23.1 Å². The number of nitrogens with zero attached hydrogens (tertiary/aromatic N) is 3. The van der Waals surface area contributed by atoms with E-state index in [4.69, 9.17) is 11.6 Å². The Morgan fingerprint density at radius 2 is 1.95 bits per heavy atom. The van der Waals surface area contributed by atoms with E-state index < -0.39 is 21.9 Å². The molecule has 3 heterocycles. The number of aliphatic hydroxyl groups excluding tert-OH is 1. The van der Waals surface area contributed by atoms with Gasteiger partial charge in [-0.3, -0.25) is 9.59 Å². The van der Waals surface area contributed by atoms with Crippen molar-refractivity contribution in [1.82, 2.24) is 20.2 Å². The van der Waals surface area contributed by atoms with Gasteiger partial charge in [-0.1, -0.05) is 53.6 Å². The van der Waals surface area contributed by atoms with Gasteiger partial charge in [-0.25, -0.2) is 18.4 Å². The van der Waals surface area contributed by atoms with Crippen LogP contribution in [-0.2, 0) is 21.2 Å². The second-order valence-corrected chi connectivity index (χ2v) is 13.3. The normalized spacial score (nSPS) is 18.0. The predicted molar refractivity (Wildman–Crippen MR) is 156 cm³/mol. The van der Waals surface area contributed by atoms with Crippen LogP contribution in [0.1, 0.15) is 52.9 Å². The van der Waals surface area contributed by atoms with Crippen molar-refractivity contribution in [2.75, 3.05) is 23.4 Å². The van der Waals surface area contributed by atoms with Crippen LogP contribution in [0.15, 0.2) is 48.7 Å². The van der Waals surface area contributed by atoms with Crippen LogP contribution in [-0.4, -0.2) is 70.4 Å². The summed E-state index contributed by atoms with van der Waals surface area (Å²) >= 11 is 6.44. The summed E-state index contributed by atoms with van der Waals surface area (Å²) in [5, 5.41) is 16.3. The zero-order chi connectivity index (χ0) is 29.3. The Kier molecular flexibility index (Phi) is 8.30. The molecule has 3 aromatic rings. The Hall–Kier alpha value is -3.54. The SMILES string of the molecule is Cc1cccc(C(CO)NC(=O)C(C)N2Cc3ccc(-c4nc(NC5CCS(=O)(=O)CC5)ncc4Cl)cc3C2=O)c1. The van der Waals surface area contributed by atoms with Crippen LogP contribution in [0.4, 0.5) is 5.95 Å². The zero-order valence-electron chi connectivity index (χ0n) is 22.8. The number of benzene rings is 2. The molecule has 2 unspecified atom stereocenters. The fourth-order valence-electron chi connectivity index (χ4n) is 5.19. The van der Waals surface area contributed by atoms with Gasteiger partial charge in [-0.15, -0.1) is 0 Å². The number of carbonyl (C=O) groups is 2. The second-order valence-electron chi connectivity index (χ2n) is 10.6. The number of hydrogen-bond acceptors (Lipinski definition) is 8. The predicted octanol–water partition coefficient (Wildman–Crippen LogP) is 3.29. The van der Waals surface area contributed by atoms with Crippen LogP contribution in [0.25, 0.3) is 11.3 Å². The molecular formula is C29H32ClN5O5S. The molecule has 3 N–H and O–H groups in total. The standard InChI is InChI=1S/C29H32ClN5O5S/c1-17-4-3-5-19(12-17)25(16-36)33-27(37)18(2)35-15-21-7-6-20(13-23(21)28(35)38)26-24(30)14-31-29(34-26)32-22-8-10-41(39,40)11-9-22/h3-7,12-14,18,22,25,36H,8-11,15-16H2,1-2H3,(H,33,37)(H,31,32,34). The van der Waals surface area contributed by atoms with Crippen LogP contribution >= 0.6 is 11.6 Å². The van der Waals surface area contributed by atoms with E-state index in [1.807, 2.05) is 43.3 Å². The molecule has 0 spiro atoms. The summed E-state index contributed by atoms with van der Waals surface area (Å²) in [7, 11) is -2.99. The summed E-state index contributed by atoms with van der Waals surface area (Å²) in [4.78, 5) is 36.9. The van der Waals surface area contributed by atoms with Crippen molar-refractivity contribution in [1.29, 1.82) is 0 Å². The summed E-state index contributed by atoms with van der Waals surface area (Å²) < 4.78 is 23.5. The Bertz CT molecular complexity index is 1580. The number of sulfone groups is 1. The lowest BCUT2D eigenvalue weighted by atomic mass is 10.0. The first-order valence-corrected chi connectivity index (χ1v) is 15.7. The molecule has 41 heavy (non-hydrogen) atoms. The van der Waals surface area contributed by atoms with Crippen LogP contribution < -0.4 is 10.6 Å². The van der Waals surface area contributed by atoms with Gasteiger partial charge in [-0.2, -0.15) is 0 Å². The third-order valence-electron chi connectivity index (χ3n) is 7.64. The average molecular weight is 598 g/mol. The number of hydrogen-bond donors (Lipinski definition) is 3. The molecule has 1 saturated heterocycles. The smallest absolute Gasteiger partial charge is 0.255 e. The molecule has 10 nitrogen and oxygen atoms in total. The van der Waals surface area contributed by atoms with Gasteiger partial charge < -0.3 is 20.6 Å². The molecule has 2 atom stereocenters. The molecule has 2 amide bonds. The highest BCUT2D eigenvalue weighted by molar-refractivity contribution is 7.91. The maximum Gasteiger partial charge on any atom is 0.255 e. The number of halogens is 1. The van der Waals surface area contributed by atoms with Crippen molar-refractivity contribution in [3.63, 3.8) is 0 Å². The molecule has 0 aliphatic carbocycles. The van der Waals surface area contributed by atoms with Gasteiger partial charge in [-0.05, 0) is 43.9 Å². The first kappa shape index (κ1) is 29.0. The molecule has 2 aliphatic rings. The van der Waals surface area contributed by atoms with E-state index in [9.17, 15) is 23.1 Å². The Labute approximate surface area is 244 Å². The number of carbonyl (C=O) groups excluding carboxylic acids is 2. The van der Waals surface area contributed by atoms with Gasteiger partial charge in [0.2, 0.25) is 11.9 Å². The van der Waals surface area contributed by atoms with Gasteiger partial charge in [0.05, 0.1) is 41.1 Å². The monoisotopic (exact) mass is 597 g/mol. The van der Waals surface area contributed by atoms with Gasteiger partial charge in [0.25, 0.3) is 5.91 Å². The first-order valence-electron chi connectivity index (χ1n) is 13.5. The minimum atomic E-state index is -2.99. The fraction of sp³-hybridized carbons (Fsp3) is 0.379. The lowest BCUT2D eigenvalue weighted by molar-refractivity contribution is -0.126. The molecule has 12 heteroatoms. The van der Waals surface area contributed by atoms with Gasteiger partial charge in [0.1, 0.15) is 15.9 Å². The highest BCUT2D eigenvalue weighted by Gasteiger charge is 2.35. The quantitative estimate of drug-likeness (QED) is 0.359. The van der Waals surface area contributed by atoms with E-state index >= 15 is 0 Å². The summed E-state index contributed by atoms with van der Waals surface area (Å²) in [6, 6.07) is 11.5. The number of amides is 2. The lowest BCUT2D eigenvalue weighted by Crippen LogP contribution is -2.46. The molecule has 0 radical (unpaired) electrons. The fourth-order valence-corrected chi connectivity index (χ4v) is 6.89. The number of aromatic nitrogens is 2. The maximum absolute atomic E-state index is 13.4. The highest BCUT2D eigenvalue weighted by Crippen LogP contribution is 2.32. The van der Waals surface area contributed by atoms with E-state index in [1.165, 1.54) is 11.1 Å². The van der Waals surface area contributed by atoms with E-state index in [2.05, 4.69) is 20.6 Å². The third kappa shape index (κ3) is 6.37. The van der Waals surface area contributed by atoms with Gasteiger partial charge in [0, 0.05) is 23.7 Å². The molecule has 2 aliphatic heterocycles. The van der Waals surface area contributed by atoms with Crippen molar-refractivity contribution in [3.8, 4) is 11.3 Å². The first-order chi connectivity index (χ1) is 19.5. The van der Waals surface area contributed by atoms with Crippen molar-refractivity contribution >= 4 is 39.2 Å². The Balaban J connectivity index is 1.30. The largest absolute Gasteiger partial charge is 0.394 e. The van der Waals surface area contributed by atoms with Crippen LogP contribution in [0.5, 0.6) is 0 Å². The second kappa shape index (κ2) is 11.8. The van der Waals surface area contributed by atoms with E-state index in [1.54, 1.807) is 13.0 Å². The van der Waals surface area contributed by atoms with E-state index in [0.717, 1.165) is 16.7 Å². The summed E-state index contributed by atoms with van der Waals surface area (Å²) in [6.07, 6.45) is 2.43. The molecule has 5 rings (SSSR count). The Morgan fingerprint density at radius 1 is 1.20 bits per heavy atom. The molecule has 0 saturated carbocycles. The number of aryl methyl sites for hydroxylation is 1.